The van der Waals surface area contributed by atoms with Crippen LogP contribution in [0.2, 0.25) is 0 Å². The predicted octanol–water partition coefficient (Wildman–Crippen LogP) is 4.79. The lowest BCUT2D eigenvalue weighted by molar-refractivity contribution is 0.179. The first-order valence-corrected chi connectivity index (χ1v) is 7.23. The summed E-state index contributed by atoms with van der Waals surface area (Å²) in [5, 5.41) is 0. The Balaban J connectivity index is 0. The molecule has 17 heavy (non-hydrogen) atoms. The quantitative estimate of drug-likeness (QED) is 0.590. The van der Waals surface area contributed by atoms with E-state index in [1.54, 1.807) is 0 Å². The maximum Gasteiger partial charge on any atom is 0.103 e. The second kappa shape index (κ2) is 8.91. The summed E-state index contributed by atoms with van der Waals surface area (Å²) in [6.45, 7) is 6.74. The van der Waals surface area contributed by atoms with Crippen molar-refractivity contribution >= 4 is 0 Å². The van der Waals surface area contributed by atoms with E-state index < -0.39 is 6.17 Å². The number of rotatable bonds is 0. The van der Waals surface area contributed by atoms with Crippen LogP contribution in [-0.4, -0.2) is 11.6 Å². The third kappa shape index (κ3) is 7.03. The van der Waals surface area contributed by atoms with Crippen molar-refractivity contribution < 1.29 is 11.3 Å². The van der Waals surface area contributed by atoms with Crippen LogP contribution in [0.5, 0.6) is 0 Å². The van der Waals surface area contributed by atoms with Crippen LogP contribution in [0.25, 0.3) is 0 Å². The molecule has 2 heteroatoms. The largest absolute Gasteiger partial charge is 0.412 e. The average Bonchev–Trinajstić information content (AvgIpc) is 2.28. The molecule has 2 fully saturated rings. The van der Waals surface area contributed by atoms with Crippen LogP contribution in [0.1, 0.15) is 73.6 Å². The minimum Gasteiger partial charge on any atom is -0.412 e. The van der Waals surface area contributed by atoms with Crippen molar-refractivity contribution in [3.05, 3.63) is 0 Å². The molecule has 2 aliphatic carbocycles. The second-order valence-electron chi connectivity index (χ2n) is 6.14. The van der Waals surface area contributed by atoms with Gasteiger partial charge in [0.2, 0.25) is 0 Å². The van der Waals surface area contributed by atoms with E-state index in [0.29, 0.717) is 5.92 Å². The van der Waals surface area contributed by atoms with Crippen molar-refractivity contribution in [2.75, 3.05) is 0 Å². The summed E-state index contributed by atoms with van der Waals surface area (Å²) in [7, 11) is 0. The van der Waals surface area contributed by atoms with Crippen molar-refractivity contribution in [1.29, 1.82) is 0 Å². The summed E-state index contributed by atoms with van der Waals surface area (Å²) in [4.78, 5) is 0. The molecule has 0 amide bonds. The normalized spacial score (nSPS) is 37.4. The zero-order valence-electron chi connectivity index (χ0n) is 11.8. The van der Waals surface area contributed by atoms with Gasteiger partial charge in [-0.15, -0.1) is 0 Å². The van der Waals surface area contributed by atoms with Gasteiger partial charge >= 0.3 is 0 Å². The van der Waals surface area contributed by atoms with Gasteiger partial charge in [-0.05, 0) is 30.6 Å². The molecule has 0 bridgehead atoms. The van der Waals surface area contributed by atoms with Gasteiger partial charge in [0, 0.05) is 1.43 Å². The summed E-state index contributed by atoms with van der Waals surface area (Å²) >= 11 is 0. The van der Waals surface area contributed by atoms with Gasteiger partial charge in [-0.3, -0.25) is 0 Å². The van der Waals surface area contributed by atoms with E-state index in [-0.39, 0.29) is 6.90 Å². The molecule has 0 saturated heterocycles. The lowest BCUT2D eigenvalue weighted by atomic mass is 9.84. The van der Waals surface area contributed by atoms with Crippen molar-refractivity contribution in [3.8, 4) is 0 Å². The van der Waals surface area contributed by atoms with Crippen molar-refractivity contribution in [2.24, 2.45) is 17.8 Å². The van der Waals surface area contributed by atoms with E-state index in [2.05, 4.69) is 13.8 Å². The molecule has 2 aliphatic rings. The molecular formula is C15H33FO. The highest BCUT2D eigenvalue weighted by molar-refractivity contribution is 4.70. The SMILES string of the molecule is CC1CCC(C)CC1.CC1CCCCC1F.O.[HH]. The first-order valence-electron chi connectivity index (χ1n) is 7.23. The molecule has 0 spiro atoms. The number of hydrogen-bond donors (Lipinski definition) is 0. The van der Waals surface area contributed by atoms with Crippen molar-refractivity contribution in [1.82, 2.24) is 0 Å². The molecule has 0 aromatic heterocycles. The highest BCUT2D eigenvalue weighted by Crippen LogP contribution is 2.27. The summed E-state index contributed by atoms with van der Waals surface area (Å²) in [5.74, 6) is 2.38. The van der Waals surface area contributed by atoms with Gasteiger partial charge in [0.25, 0.3) is 0 Å². The second-order valence-corrected chi connectivity index (χ2v) is 6.14. The Labute approximate surface area is 108 Å². The third-order valence-corrected chi connectivity index (χ3v) is 4.31. The summed E-state index contributed by atoms with van der Waals surface area (Å²) < 4.78 is 12.6. The van der Waals surface area contributed by atoms with Crippen LogP contribution in [0.15, 0.2) is 0 Å². The van der Waals surface area contributed by atoms with Crippen molar-refractivity contribution in [2.45, 2.75) is 78.3 Å². The van der Waals surface area contributed by atoms with E-state index in [0.717, 1.165) is 31.1 Å². The highest BCUT2D eigenvalue weighted by atomic mass is 19.1. The molecule has 0 aromatic carbocycles. The van der Waals surface area contributed by atoms with E-state index >= 15 is 0 Å². The van der Waals surface area contributed by atoms with Gasteiger partial charge in [0.05, 0.1) is 0 Å². The summed E-state index contributed by atoms with van der Waals surface area (Å²) in [6.07, 6.45) is 9.64. The Morgan fingerprint density at radius 3 is 1.47 bits per heavy atom. The smallest absolute Gasteiger partial charge is 0.103 e. The van der Waals surface area contributed by atoms with E-state index in [1.807, 2.05) is 6.92 Å². The molecular weight excluding hydrogens is 215 g/mol. The van der Waals surface area contributed by atoms with Gasteiger partial charge in [0.15, 0.2) is 0 Å². The van der Waals surface area contributed by atoms with Crippen LogP contribution in [0.3, 0.4) is 0 Å². The lowest BCUT2D eigenvalue weighted by Crippen LogP contribution is -2.16. The zero-order valence-corrected chi connectivity index (χ0v) is 11.8. The van der Waals surface area contributed by atoms with Gasteiger partial charge in [-0.1, -0.05) is 59.3 Å². The average molecular weight is 248 g/mol. The molecule has 2 atom stereocenters. The van der Waals surface area contributed by atoms with Crippen LogP contribution < -0.4 is 0 Å². The fourth-order valence-electron chi connectivity index (χ4n) is 2.70. The molecule has 106 valence electrons. The maximum absolute atomic E-state index is 12.6. The Kier molecular flexibility index (Phi) is 8.85. The van der Waals surface area contributed by atoms with Crippen LogP contribution >= 0.6 is 0 Å². The molecule has 1 nitrogen and oxygen atoms in total. The molecule has 0 aliphatic heterocycles. The van der Waals surface area contributed by atoms with Crippen LogP contribution in [-0.2, 0) is 0 Å². The summed E-state index contributed by atoms with van der Waals surface area (Å²) in [6, 6.07) is 0. The Bertz CT molecular complexity index is 161. The Morgan fingerprint density at radius 2 is 1.18 bits per heavy atom. The fourth-order valence-corrected chi connectivity index (χ4v) is 2.70. The molecule has 2 unspecified atom stereocenters. The zero-order chi connectivity index (χ0) is 12.0. The van der Waals surface area contributed by atoms with Crippen LogP contribution in [0, 0.1) is 17.8 Å². The minimum atomic E-state index is -0.497. The number of hydrogen-bond acceptors (Lipinski definition) is 0. The molecule has 2 N–H and O–H groups in total. The fraction of sp³-hybridized carbons (Fsp3) is 1.00. The van der Waals surface area contributed by atoms with Gasteiger partial charge in [-0.25, -0.2) is 4.39 Å². The van der Waals surface area contributed by atoms with E-state index in [9.17, 15) is 4.39 Å². The van der Waals surface area contributed by atoms with E-state index in [1.165, 1.54) is 32.1 Å². The standard InChI is InChI=1S/C8H16.C7H13F.H2O.H2/c1-7-3-5-8(2)6-4-7;1-6-4-2-3-5-7(6)8;;/h7-8H,3-6H2,1-2H3;6-7H,2-5H2,1H3;1H2;1H. The van der Waals surface area contributed by atoms with Crippen molar-refractivity contribution in [3.63, 3.8) is 0 Å². The number of halogens is 1. The monoisotopic (exact) mass is 248 g/mol. The first-order chi connectivity index (χ1) is 7.59. The van der Waals surface area contributed by atoms with Gasteiger partial charge < -0.3 is 5.48 Å². The number of alkyl halides is 1. The predicted molar refractivity (Wildman–Crippen MR) is 75.1 cm³/mol. The molecule has 0 heterocycles. The molecule has 2 rings (SSSR count). The topological polar surface area (TPSA) is 31.5 Å². The highest BCUT2D eigenvalue weighted by Gasteiger charge is 2.19. The molecule has 2 saturated carbocycles. The Hall–Kier alpha value is -0.110. The van der Waals surface area contributed by atoms with Gasteiger partial charge in [-0.2, -0.15) is 0 Å². The first kappa shape index (κ1) is 16.9. The van der Waals surface area contributed by atoms with Gasteiger partial charge in [0.1, 0.15) is 6.17 Å². The molecule has 0 aromatic rings. The third-order valence-electron chi connectivity index (χ3n) is 4.31. The molecule has 0 radical (unpaired) electrons. The maximum atomic E-state index is 12.6. The van der Waals surface area contributed by atoms with Crippen LogP contribution in [0.4, 0.5) is 4.39 Å². The lowest BCUT2D eigenvalue weighted by Gasteiger charge is -2.22. The Morgan fingerprint density at radius 1 is 0.765 bits per heavy atom. The summed E-state index contributed by atoms with van der Waals surface area (Å²) in [5.41, 5.74) is 0. The minimum absolute atomic E-state index is 0. The van der Waals surface area contributed by atoms with E-state index in [4.69, 9.17) is 0 Å².